The van der Waals surface area contributed by atoms with Crippen LogP contribution in [0.4, 0.5) is 5.69 Å². The van der Waals surface area contributed by atoms with Gasteiger partial charge in [-0.05, 0) is 50.5 Å². The quantitative estimate of drug-likeness (QED) is 0.727. The number of carbonyl (C=O) groups is 2. The fourth-order valence-electron chi connectivity index (χ4n) is 2.83. The van der Waals surface area contributed by atoms with Gasteiger partial charge < -0.3 is 14.4 Å². The van der Waals surface area contributed by atoms with Crippen molar-refractivity contribution in [3.63, 3.8) is 0 Å². The number of methoxy groups -OCH3 is 1. The molecule has 0 radical (unpaired) electrons. The molecule has 0 N–H and O–H groups in total. The summed E-state index contributed by atoms with van der Waals surface area (Å²) in [4.78, 5) is 25.4. The second-order valence-electron chi connectivity index (χ2n) is 5.35. The summed E-state index contributed by atoms with van der Waals surface area (Å²) in [5.41, 5.74) is 0.893. The van der Waals surface area contributed by atoms with Gasteiger partial charge in [-0.2, -0.15) is 0 Å². The van der Waals surface area contributed by atoms with Gasteiger partial charge >= 0.3 is 5.97 Å². The Labute approximate surface area is 131 Å². The summed E-state index contributed by atoms with van der Waals surface area (Å²) < 4.78 is 10.1. The number of esters is 1. The zero-order valence-corrected chi connectivity index (χ0v) is 13.2. The van der Waals surface area contributed by atoms with Crippen LogP contribution in [-0.2, 0) is 14.3 Å². The van der Waals surface area contributed by atoms with E-state index in [9.17, 15) is 9.59 Å². The first-order chi connectivity index (χ1) is 10.7. The van der Waals surface area contributed by atoms with Gasteiger partial charge in [0, 0.05) is 24.6 Å². The van der Waals surface area contributed by atoms with Gasteiger partial charge in [-0.15, -0.1) is 0 Å². The summed E-state index contributed by atoms with van der Waals surface area (Å²) in [5.74, 6) is 0.753. The minimum absolute atomic E-state index is 0.145. The first-order valence-corrected chi connectivity index (χ1v) is 7.77. The number of benzene rings is 1. The maximum absolute atomic E-state index is 12.1. The Balaban J connectivity index is 1.95. The molecular weight excluding hydrogens is 282 g/mol. The standard InChI is InChI=1S/C17H23NO4/c1-3-22-17(20)6-4-5-13-9-12-16(19)18(13)14-7-10-15(21-2)11-8-14/h7-8,10-11,13H,3-6,9,12H2,1-2H3/t13-/m0/s1. The van der Waals surface area contributed by atoms with E-state index in [4.69, 9.17) is 9.47 Å². The largest absolute Gasteiger partial charge is 0.497 e. The molecule has 1 heterocycles. The molecule has 1 atom stereocenters. The van der Waals surface area contributed by atoms with Crippen LogP contribution >= 0.6 is 0 Å². The molecule has 1 aromatic carbocycles. The van der Waals surface area contributed by atoms with Crippen molar-refractivity contribution < 1.29 is 19.1 Å². The summed E-state index contributed by atoms with van der Waals surface area (Å²) in [6, 6.07) is 7.68. The Hall–Kier alpha value is -2.04. The van der Waals surface area contributed by atoms with Crippen LogP contribution in [0.25, 0.3) is 0 Å². The lowest BCUT2D eigenvalue weighted by Gasteiger charge is -2.25. The van der Waals surface area contributed by atoms with Crippen molar-refractivity contribution in [2.24, 2.45) is 0 Å². The highest BCUT2D eigenvalue weighted by Crippen LogP contribution is 2.30. The molecule has 0 saturated carbocycles. The summed E-state index contributed by atoms with van der Waals surface area (Å²) in [6.07, 6.45) is 3.37. The van der Waals surface area contributed by atoms with Crippen LogP contribution < -0.4 is 9.64 Å². The van der Waals surface area contributed by atoms with Crippen molar-refractivity contribution in [3.8, 4) is 5.75 Å². The van der Waals surface area contributed by atoms with Gasteiger partial charge in [0.2, 0.25) is 5.91 Å². The van der Waals surface area contributed by atoms with E-state index < -0.39 is 0 Å². The minimum Gasteiger partial charge on any atom is -0.497 e. The fraction of sp³-hybridized carbons (Fsp3) is 0.529. The second-order valence-corrected chi connectivity index (χ2v) is 5.35. The highest BCUT2D eigenvalue weighted by Gasteiger charge is 2.31. The lowest BCUT2D eigenvalue weighted by molar-refractivity contribution is -0.143. The smallest absolute Gasteiger partial charge is 0.305 e. The fourth-order valence-corrected chi connectivity index (χ4v) is 2.83. The van der Waals surface area contributed by atoms with Crippen molar-refractivity contribution in [1.82, 2.24) is 0 Å². The van der Waals surface area contributed by atoms with E-state index in [2.05, 4.69) is 0 Å². The Bertz CT molecular complexity index is 512. The van der Waals surface area contributed by atoms with E-state index in [0.29, 0.717) is 19.4 Å². The molecule has 1 fully saturated rings. The number of amides is 1. The zero-order chi connectivity index (χ0) is 15.9. The van der Waals surface area contributed by atoms with Gasteiger partial charge in [-0.25, -0.2) is 0 Å². The summed E-state index contributed by atoms with van der Waals surface area (Å²) >= 11 is 0. The van der Waals surface area contributed by atoms with Crippen LogP contribution in [0.15, 0.2) is 24.3 Å². The van der Waals surface area contributed by atoms with Gasteiger partial charge in [0.05, 0.1) is 13.7 Å². The first-order valence-electron chi connectivity index (χ1n) is 7.77. The molecule has 0 spiro atoms. The topological polar surface area (TPSA) is 55.8 Å². The molecular formula is C17H23NO4. The summed E-state index contributed by atoms with van der Waals surface area (Å²) in [5, 5.41) is 0. The van der Waals surface area contributed by atoms with E-state index in [1.165, 1.54) is 0 Å². The number of anilines is 1. The van der Waals surface area contributed by atoms with E-state index in [-0.39, 0.29) is 17.9 Å². The van der Waals surface area contributed by atoms with Crippen LogP contribution in [0.1, 0.15) is 39.0 Å². The molecule has 1 aliphatic rings. The van der Waals surface area contributed by atoms with Gasteiger partial charge in [0.1, 0.15) is 5.75 Å². The van der Waals surface area contributed by atoms with Crippen LogP contribution in [0.5, 0.6) is 5.75 Å². The van der Waals surface area contributed by atoms with E-state index in [1.807, 2.05) is 29.2 Å². The molecule has 22 heavy (non-hydrogen) atoms. The van der Waals surface area contributed by atoms with Crippen molar-refractivity contribution in [2.45, 2.75) is 45.1 Å². The van der Waals surface area contributed by atoms with Crippen molar-refractivity contribution in [2.75, 3.05) is 18.6 Å². The highest BCUT2D eigenvalue weighted by atomic mass is 16.5. The van der Waals surface area contributed by atoms with Crippen molar-refractivity contribution in [1.29, 1.82) is 0 Å². The average molecular weight is 305 g/mol. The lowest BCUT2D eigenvalue weighted by Crippen LogP contribution is -2.32. The number of nitrogens with zero attached hydrogens (tertiary/aromatic N) is 1. The van der Waals surface area contributed by atoms with E-state index in [1.54, 1.807) is 14.0 Å². The Morgan fingerprint density at radius 2 is 2.05 bits per heavy atom. The third kappa shape index (κ3) is 4.00. The molecule has 2 rings (SSSR count). The van der Waals surface area contributed by atoms with Gasteiger partial charge in [0.15, 0.2) is 0 Å². The molecule has 5 heteroatoms. The second kappa shape index (κ2) is 7.82. The van der Waals surface area contributed by atoms with Crippen LogP contribution in [0, 0.1) is 0 Å². The third-order valence-corrected chi connectivity index (χ3v) is 3.90. The molecule has 1 amide bonds. The normalized spacial score (nSPS) is 17.6. The molecule has 120 valence electrons. The number of hydrogen-bond donors (Lipinski definition) is 0. The number of ether oxygens (including phenoxy) is 2. The molecule has 1 aromatic rings. The minimum atomic E-state index is -0.164. The van der Waals surface area contributed by atoms with Crippen LogP contribution in [0.2, 0.25) is 0 Å². The molecule has 0 aromatic heterocycles. The number of carbonyl (C=O) groups excluding carboxylic acids is 2. The maximum Gasteiger partial charge on any atom is 0.305 e. The molecule has 0 aliphatic carbocycles. The van der Waals surface area contributed by atoms with Crippen molar-refractivity contribution >= 4 is 17.6 Å². The SMILES string of the molecule is CCOC(=O)CCC[C@H]1CCC(=O)N1c1ccc(OC)cc1. The Morgan fingerprint density at radius 3 is 2.68 bits per heavy atom. The molecule has 0 unspecified atom stereocenters. The van der Waals surface area contributed by atoms with Crippen LogP contribution in [0.3, 0.4) is 0 Å². The Kier molecular flexibility index (Phi) is 5.81. The molecule has 1 aliphatic heterocycles. The predicted octanol–water partition coefficient (Wildman–Crippen LogP) is 2.92. The lowest BCUT2D eigenvalue weighted by atomic mass is 10.1. The van der Waals surface area contributed by atoms with Crippen LogP contribution in [-0.4, -0.2) is 31.6 Å². The Morgan fingerprint density at radius 1 is 1.32 bits per heavy atom. The molecule has 0 bridgehead atoms. The first kappa shape index (κ1) is 16.3. The maximum atomic E-state index is 12.1. The van der Waals surface area contributed by atoms with E-state index in [0.717, 1.165) is 30.7 Å². The third-order valence-electron chi connectivity index (χ3n) is 3.90. The average Bonchev–Trinajstić information content (AvgIpc) is 2.88. The van der Waals surface area contributed by atoms with Crippen molar-refractivity contribution in [3.05, 3.63) is 24.3 Å². The van der Waals surface area contributed by atoms with Gasteiger partial charge in [0.25, 0.3) is 0 Å². The number of rotatable bonds is 7. The van der Waals surface area contributed by atoms with Gasteiger partial charge in [-0.3, -0.25) is 9.59 Å². The highest BCUT2D eigenvalue weighted by molar-refractivity contribution is 5.96. The predicted molar refractivity (Wildman–Crippen MR) is 84.0 cm³/mol. The van der Waals surface area contributed by atoms with Gasteiger partial charge in [-0.1, -0.05) is 0 Å². The molecule has 5 nitrogen and oxygen atoms in total. The monoisotopic (exact) mass is 305 g/mol. The summed E-state index contributed by atoms with van der Waals surface area (Å²) in [7, 11) is 1.62. The zero-order valence-electron chi connectivity index (χ0n) is 13.2. The molecule has 1 saturated heterocycles. The number of hydrogen-bond acceptors (Lipinski definition) is 4. The van der Waals surface area contributed by atoms with E-state index >= 15 is 0 Å². The summed E-state index contributed by atoms with van der Waals surface area (Å²) in [6.45, 7) is 2.22.